The molecule has 2 amide bonds. The van der Waals surface area contributed by atoms with E-state index in [2.05, 4.69) is 10.2 Å². The van der Waals surface area contributed by atoms with E-state index in [-0.39, 0.29) is 17.6 Å². The van der Waals surface area contributed by atoms with E-state index < -0.39 is 0 Å². The average molecular weight is 395 g/mol. The van der Waals surface area contributed by atoms with Crippen LogP contribution in [0, 0.1) is 0 Å². The fourth-order valence-electron chi connectivity index (χ4n) is 3.18. The number of hydrogen-bond donors (Lipinski definition) is 1. The van der Waals surface area contributed by atoms with Crippen molar-refractivity contribution in [2.45, 2.75) is 0 Å². The molecule has 0 unspecified atom stereocenters. The second-order valence-electron chi connectivity index (χ2n) is 6.74. The molecule has 1 aliphatic rings. The molecule has 7 heteroatoms. The van der Waals surface area contributed by atoms with Gasteiger partial charge in [-0.05, 0) is 36.7 Å². The lowest BCUT2D eigenvalue weighted by molar-refractivity contribution is -0.111. The number of piperazine rings is 1. The van der Waals surface area contributed by atoms with Gasteiger partial charge in [-0.15, -0.1) is 11.3 Å². The molecule has 6 nitrogen and oxygen atoms in total. The van der Waals surface area contributed by atoms with Crippen LogP contribution >= 0.6 is 11.3 Å². The zero-order chi connectivity index (χ0) is 19.5. The Bertz CT molecular complexity index is 1010. The molecule has 2 aromatic heterocycles. The number of carbonyl (C=O) groups excluding carboxylic acids is 2. The number of fused-ring (bicyclic) bond motifs is 1. The third-order valence-corrected chi connectivity index (χ3v) is 5.61. The van der Waals surface area contributed by atoms with E-state index in [1.54, 1.807) is 28.4 Å². The molecule has 1 N–H and O–H groups in total. The molecule has 28 heavy (non-hydrogen) atoms. The van der Waals surface area contributed by atoms with Crippen LogP contribution < -0.4 is 5.32 Å². The van der Waals surface area contributed by atoms with Gasteiger partial charge >= 0.3 is 0 Å². The molecule has 144 valence electrons. The highest BCUT2D eigenvalue weighted by Gasteiger charge is 2.27. The van der Waals surface area contributed by atoms with Crippen LogP contribution in [0.4, 0.5) is 5.69 Å². The molecule has 1 aliphatic heterocycles. The number of benzene rings is 1. The lowest BCUT2D eigenvalue weighted by Crippen LogP contribution is -2.47. The van der Waals surface area contributed by atoms with Crippen LogP contribution in [-0.2, 0) is 4.79 Å². The fraction of sp³-hybridized carbons (Fsp3) is 0.238. The number of likely N-dealkylation sites (N-methyl/N-ethyl adjacent to an activating group) is 1. The van der Waals surface area contributed by atoms with Gasteiger partial charge in [-0.3, -0.25) is 9.59 Å². The molecule has 1 fully saturated rings. The smallest absolute Gasteiger partial charge is 0.291 e. The Balaban J connectivity index is 1.61. The quantitative estimate of drug-likeness (QED) is 0.687. The Morgan fingerprint density at radius 3 is 2.64 bits per heavy atom. The van der Waals surface area contributed by atoms with E-state index in [4.69, 9.17) is 4.42 Å². The Labute approximate surface area is 167 Å². The van der Waals surface area contributed by atoms with E-state index in [9.17, 15) is 9.59 Å². The number of para-hydroxylation sites is 1. The van der Waals surface area contributed by atoms with Crippen molar-refractivity contribution < 1.29 is 14.0 Å². The second-order valence-corrected chi connectivity index (χ2v) is 7.72. The van der Waals surface area contributed by atoms with Gasteiger partial charge in [-0.1, -0.05) is 18.2 Å². The van der Waals surface area contributed by atoms with Crippen molar-refractivity contribution in [2.75, 3.05) is 38.5 Å². The second kappa shape index (κ2) is 8.00. The summed E-state index contributed by atoms with van der Waals surface area (Å²) < 4.78 is 5.85. The van der Waals surface area contributed by atoms with Crippen LogP contribution in [0.15, 0.2) is 52.3 Å². The van der Waals surface area contributed by atoms with Crippen molar-refractivity contribution in [1.82, 2.24) is 9.80 Å². The van der Waals surface area contributed by atoms with Gasteiger partial charge in [0.1, 0.15) is 11.3 Å². The first-order valence-corrected chi connectivity index (χ1v) is 10.0. The number of anilines is 1. The maximum Gasteiger partial charge on any atom is 0.291 e. The van der Waals surface area contributed by atoms with Crippen molar-refractivity contribution in [3.63, 3.8) is 0 Å². The van der Waals surface area contributed by atoms with Crippen molar-refractivity contribution in [3.8, 4) is 0 Å². The molecule has 0 radical (unpaired) electrons. The summed E-state index contributed by atoms with van der Waals surface area (Å²) in [4.78, 5) is 30.5. The van der Waals surface area contributed by atoms with Crippen LogP contribution in [0.5, 0.6) is 0 Å². The summed E-state index contributed by atoms with van der Waals surface area (Å²) in [5.41, 5.74) is 1.01. The molecule has 0 aliphatic carbocycles. The monoisotopic (exact) mass is 395 g/mol. The Morgan fingerprint density at radius 1 is 1.11 bits per heavy atom. The van der Waals surface area contributed by atoms with Gasteiger partial charge in [0.05, 0.1) is 0 Å². The zero-order valence-electron chi connectivity index (χ0n) is 15.6. The fourth-order valence-corrected chi connectivity index (χ4v) is 3.80. The minimum atomic E-state index is -0.299. The highest BCUT2D eigenvalue weighted by molar-refractivity contribution is 7.10. The summed E-state index contributed by atoms with van der Waals surface area (Å²) in [5.74, 6) is -0.308. The van der Waals surface area contributed by atoms with Gasteiger partial charge in [0.2, 0.25) is 11.7 Å². The number of amides is 2. The Hall–Kier alpha value is -2.90. The number of carbonyl (C=O) groups is 2. The number of nitrogens with zero attached hydrogens (tertiary/aromatic N) is 2. The molecule has 3 heterocycles. The van der Waals surface area contributed by atoms with Gasteiger partial charge in [-0.25, -0.2) is 0 Å². The molecular formula is C21H21N3O3S. The Kier molecular flexibility index (Phi) is 5.27. The third-order valence-electron chi connectivity index (χ3n) is 4.77. The first kappa shape index (κ1) is 18.5. The molecule has 0 atom stereocenters. The molecule has 0 spiro atoms. The van der Waals surface area contributed by atoms with E-state index in [0.29, 0.717) is 24.4 Å². The number of nitrogens with one attached hydrogen (secondary N) is 1. The van der Waals surface area contributed by atoms with Crippen molar-refractivity contribution >= 4 is 45.9 Å². The maximum absolute atomic E-state index is 13.1. The van der Waals surface area contributed by atoms with Crippen LogP contribution in [0.3, 0.4) is 0 Å². The molecule has 1 saturated heterocycles. The topological polar surface area (TPSA) is 65.8 Å². The highest BCUT2D eigenvalue weighted by Crippen LogP contribution is 2.32. The molecule has 0 bridgehead atoms. The highest BCUT2D eigenvalue weighted by atomic mass is 32.1. The van der Waals surface area contributed by atoms with Gasteiger partial charge in [-0.2, -0.15) is 0 Å². The van der Waals surface area contributed by atoms with Crippen LogP contribution in [0.1, 0.15) is 15.4 Å². The van der Waals surface area contributed by atoms with Crippen molar-refractivity contribution in [2.24, 2.45) is 0 Å². The first-order valence-electron chi connectivity index (χ1n) is 9.14. The molecular weight excluding hydrogens is 374 g/mol. The van der Waals surface area contributed by atoms with Crippen LogP contribution in [0.25, 0.3) is 17.0 Å². The maximum atomic E-state index is 13.1. The summed E-state index contributed by atoms with van der Waals surface area (Å²) in [6, 6.07) is 11.2. The van der Waals surface area contributed by atoms with E-state index in [0.717, 1.165) is 23.4 Å². The Morgan fingerprint density at radius 2 is 1.89 bits per heavy atom. The standard InChI is InChI=1S/C21H21N3O3S/c1-23-10-12-24(13-11-23)21(26)20-19(16-6-2-3-7-17(16)27-20)22-18(25)9-8-15-5-4-14-28-15/h2-9,14H,10-13H2,1H3,(H,22,25). The van der Waals surface area contributed by atoms with Gasteiger partial charge in [0.15, 0.2) is 0 Å². The van der Waals surface area contributed by atoms with Gasteiger partial charge < -0.3 is 19.5 Å². The van der Waals surface area contributed by atoms with E-state index in [1.165, 1.54) is 6.08 Å². The average Bonchev–Trinajstić information content (AvgIpc) is 3.35. The molecule has 1 aromatic carbocycles. The summed E-state index contributed by atoms with van der Waals surface area (Å²) in [6.45, 7) is 2.91. The van der Waals surface area contributed by atoms with Crippen molar-refractivity contribution in [1.29, 1.82) is 0 Å². The summed E-state index contributed by atoms with van der Waals surface area (Å²) >= 11 is 1.55. The summed E-state index contributed by atoms with van der Waals surface area (Å²) in [5, 5.41) is 5.52. The summed E-state index contributed by atoms with van der Waals surface area (Å²) in [6.07, 6.45) is 3.22. The van der Waals surface area contributed by atoms with Gasteiger partial charge in [0, 0.05) is 42.5 Å². The third kappa shape index (κ3) is 3.85. The minimum Gasteiger partial charge on any atom is -0.449 e. The lowest BCUT2D eigenvalue weighted by Gasteiger charge is -2.31. The predicted molar refractivity (Wildman–Crippen MR) is 112 cm³/mol. The SMILES string of the molecule is CN1CCN(C(=O)c2oc3ccccc3c2NC(=O)C=Cc2cccs2)CC1. The first-order chi connectivity index (χ1) is 13.6. The number of thiophene rings is 1. The van der Waals surface area contributed by atoms with E-state index >= 15 is 0 Å². The van der Waals surface area contributed by atoms with E-state index in [1.807, 2.05) is 42.8 Å². The molecule has 0 saturated carbocycles. The largest absolute Gasteiger partial charge is 0.449 e. The van der Waals surface area contributed by atoms with Crippen LogP contribution in [-0.4, -0.2) is 54.8 Å². The summed E-state index contributed by atoms with van der Waals surface area (Å²) in [7, 11) is 2.04. The lowest BCUT2D eigenvalue weighted by atomic mass is 10.2. The molecule has 3 aromatic rings. The van der Waals surface area contributed by atoms with Crippen LogP contribution in [0.2, 0.25) is 0 Å². The number of rotatable bonds is 4. The predicted octanol–water partition coefficient (Wildman–Crippen LogP) is 3.53. The normalized spacial score (nSPS) is 15.4. The number of furan rings is 1. The zero-order valence-corrected chi connectivity index (χ0v) is 16.4. The number of hydrogen-bond acceptors (Lipinski definition) is 5. The van der Waals surface area contributed by atoms with Crippen molar-refractivity contribution in [3.05, 3.63) is 58.5 Å². The van der Waals surface area contributed by atoms with Gasteiger partial charge in [0.25, 0.3) is 5.91 Å². The minimum absolute atomic E-state index is 0.184. The molecule has 4 rings (SSSR count).